The van der Waals surface area contributed by atoms with Gasteiger partial charge in [0.25, 0.3) is 5.56 Å². The highest BCUT2D eigenvalue weighted by molar-refractivity contribution is 5.35. The highest BCUT2D eigenvalue weighted by Gasteiger charge is 2.59. The summed E-state index contributed by atoms with van der Waals surface area (Å²) in [4.78, 5) is 27.6. The molecule has 250 valence electrons. The molecule has 2 saturated heterocycles. The Morgan fingerprint density at radius 2 is 1.80 bits per heavy atom. The Morgan fingerprint density at radius 3 is 2.47 bits per heavy atom. The third-order valence-electron chi connectivity index (χ3n) is 12.1. The molecule has 1 aromatic rings. The molecular formula is C36H53FN2O6. The van der Waals surface area contributed by atoms with Gasteiger partial charge in [-0.2, -0.15) is 4.39 Å². The summed E-state index contributed by atoms with van der Waals surface area (Å²) in [7, 11) is 0. The van der Waals surface area contributed by atoms with Crippen LogP contribution in [0.15, 0.2) is 39.1 Å². The highest BCUT2D eigenvalue weighted by Crippen LogP contribution is 2.62. The van der Waals surface area contributed by atoms with Gasteiger partial charge in [-0.25, -0.2) is 4.79 Å². The molecule has 0 bridgehead atoms. The summed E-state index contributed by atoms with van der Waals surface area (Å²) in [6, 6.07) is 0. The van der Waals surface area contributed by atoms with Gasteiger partial charge in [-0.1, -0.05) is 78.5 Å². The fourth-order valence-corrected chi connectivity index (χ4v) is 9.93. The van der Waals surface area contributed by atoms with Crippen molar-refractivity contribution in [1.29, 1.82) is 0 Å². The van der Waals surface area contributed by atoms with Gasteiger partial charge in [0.15, 0.2) is 12.0 Å². The van der Waals surface area contributed by atoms with E-state index in [-0.39, 0.29) is 29.9 Å². The van der Waals surface area contributed by atoms with Crippen LogP contribution in [0.4, 0.5) is 4.39 Å². The molecule has 45 heavy (non-hydrogen) atoms. The third-order valence-corrected chi connectivity index (χ3v) is 12.1. The summed E-state index contributed by atoms with van der Waals surface area (Å²) in [5.74, 6) is -0.599. The largest absolute Gasteiger partial charge is 0.394 e. The highest BCUT2D eigenvalue weighted by atomic mass is 19.1. The van der Waals surface area contributed by atoms with Crippen LogP contribution in [-0.2, 0) is 20.8 Å². The van der Waals surface area contributed by atoms with E-state index < -0.39 is 47.4 Å². The van der Waals surface area contributed by atoms with E-state index in [2.05, 4.69) is 53.7 Å². The Balaban J connectivity index is 1.34. The van der Waals surface area contributed by atoms with Crippen molar-refractivity contribution in [2.45, 2.75) is 143 Å². The first-order chi connectivity index (χ1) is 21.4. The summed E-state index contributed by atoms with van der Waals surface area (Å²) in [5.41, 5.74) is 1.12. The van der Waals surface area contributed by atoms with Crippen LogP contribution in [-0.4, -0.2) is 44.9 Å². The molecule has 1 N–H and O–H groups in total. The molecule has 1 aromatic heterocycles. The van der Waals surface area contributed by atoms with E-state index in [1.165, 1.54) is 15.7 Å². The first-order valence-corrected chi connectivity index (χ1v) is 17.4. The molecule has 1 unspecified atom stereocenters. The molecule has 2 aliphatic heterocycles. The fourth-order valence-electron chi connectivity index (χ4n) is 9.93. The normalized spacial score (nSPS) is 37.2. The van der Waals surface area contributed by atoms with Crippen molar-refractivity contribution in [3.63, 3.8) is 0 Å². The molecule has 3 aliphatic carbocycles. The minimum Gasteiger partial charge on any atom is -0.394 e. The standard InChI is InChI=1S/C36H53FN2O6/c1-7-14-36(15-8-2)44-29-27(20-40)43-32(30(29)45-36)38-19-26(37)31(41)39(33(38)42)21-34(5)16-9-17-35(6)25-12-10-23(22(3)4)18-24(25)11-13-28(34)35/h11,18-19,22,25,27-30,32,40H,7-10,12-17,20-21H2,1-6H3/t25-,27+,28-,29?,30+,32+,34-,35+/m0/s1. The maximum Gasteiger partial charge on any atom is 0.333 e. The van der Waals surface area contributed by atoms with Crippen molar-refractivity contribution >= 4 is 0 Å². The van der Waals surface area contributed by atoms with Crippen LogP contribution >= 0.6 is 0 Å². The number of nitrogens with zero attached hydrogens (tertiary/aromatic N) is 2. The first kappa shape index (κ1) is 32.9. The number of aliphatic hydroxyl groups excluding tert-OH is 1. The van der Waals surface area contributed by atoms with Crippen LogP contribution in [0.2, 0.25) is 0 Å². The second-order valence-corrected chi connectivity index (χ2v) is 15.4. The molecule has 9 heteroatoms. The number of hydrogen-bond acceptors (Lipinski definition) is 6. The van der Waals surface area contributed by atoms with E-state index in [1.807, 2.05) is 0 Å². The number of hydrogen-bond donors (Lipinski definition) is 1. The Hall–Kier alpha value is -2.07. The van der Waals surface area contributed by atoms with Gasteiger partial charge in [0.1, 0.15) is 18.3 Å². The molecule has 0 radical (unpaired) electrons. The second-order valence-electron chi connectivity index (χ2n) is 15.4. The molecule has 5 aliphatic rings. The van der Waals surface area contributed by atoms with Crippen molar-refractivity contribution in [1.82, 2.24) is 9.13 Å². The molecule has 8 atom stereocenters. The van der Waals surface area contributed by atoms with Gasteiger partial charge in [-0.05, 0) is 66.3 Å². The second kappa shape index (κ2) is 12.2. The average Bonchev–Trinajstić information content (AvgIpc) is 3.52. The minimum absolute atomic E-state index is 0.0408. The summed E-state index contributed by atoms with van der Waals surface area (Å²) in [5, 5.41) is 10.2. The Labute approximate surface area is 266 Å². The first-order valence-electron chi connectivity index (χ1n) is 17.4. The molecule has 1 saturated carbocycles. The number of rotatable bonds is 9. The molecule has 0 aromatic carbocycles. The Kier molecular flexibility index (Phi) is 8.90. The van der Waals surface area contributed by atoms with E-state index in [9.17, 15) is 14.7 Å². The van der Waals surface area contributed by atoms with Gasteiger partial charge >= 0.3 is 5.69 Å². The van der Waals surface area contributed by atoms with Crippen LogP contribution in [0.3, 0.4) is 0 Å². The van der Waals surface area contributed by atoms with Crippen LogP contribution in [0.25, 0.3) is 0 Å². The molecule has 3 heterocycles. The molecule has 0 spiro atoms. The number of aromatic nitrogens is 2. The molecule has 0 amide bonds. The maximum atomic E-state index is 15.5. The summed E-state index contributed by atoms with van der Waals surface area (Å²) < 4.78 is 36.8. The fraction of sp³-hybridized carbons (Fsp3) is 0.778. The minimum atomic E-state index is -1.02. The summed E-state index contributed by atoms with van der Waals surface area (Å²) >= 11 is 0. The van der Waals surface area contributed by atoms with Crippen molar-refractivity contribution in [2.24, 2.45) is 28.6 Å². The van der Waals surface area contributed by atoms with Gasteiger partial charge in [-0.3, -0.25) is 13.9 Å². The SMILES string of the molecule is CCCC1(CCC)OC2[C@@H](O1)[C@H](n1cc(F)c(=O)n(C[C@]3(C)CCC[C@]4(C)[C@H]5CCC(C(C)C)=CC5=CC[C@@H]34)c1=O)O[C@@H]2CO. The summed E-state index contributed by atoms with van der Waals surface area (Å²) in [6.45, 7) is 13.1. The lowest BCUT2D eigenvalue weighted by Crippen LogP contribution is -2.54. The number of fused-ring (bicyclic) bond motifs is 4. The quantitative estimate of drug-likeness (QED) is 0.348. The Bertz CT molecular complexity index is 1460. The van der Waals surface area contributed by atoms with Crippen LogP contribution < -0.4 is 11.2 Å². The molecule has 8 nitrogen and oxygen atoms in total. The van der Waals surface area contributed by atoms with Gasteiger partial charge in [0.05, 0.1) is 12.8 Å². The Morgan fingerprint density at radius 1 is 1.09 bits per heavy atom. The van der Waals surface area contributed by atoms with Crippen molar-refractivity contribution in [3.8, 4) is 0 Å². The van der Waals surface area contributed by atoms with E-state index in [4.69, 9.17) is 14.2 Å². The monoisotopic (exact) mass is 628 g/mol. The zero-order valence-corrected chi connectivity index (χ0v) is 28.0. The predicted octanol–water partition coefficient (Wildman–Crippen LogP) is 6.25. The van der Waals surface area contributed by atoms with E-state index in [0.717, 1.165) is 62.1 Å². The number of halogens is 1. The van der Waals surface area contributed by atoms with Crippen molar-refractivity contribution < 1.29 is 23.7 Å². The lowest BCUT2D eigenvalue weighted by atomic mass is 9.47. The van der Waals surface area contributed by atoms with Crippen LogP contribution in [0.1, 0.15) is 112 Å². The zero-order valence-electron chi connectivity index (χ0n) is 28.0. The van der Waals surface area contributed by atoms with Gasteiger partial charge in [0.2, 0.25) is 5.82 Å². The molecule has 6 rings (SSSR count). The lowest BCUT2D eigenvalue weighted by molar-refractivity contribution is -0.227. The van der Waals surface area contributed by atoms with Crippen molar-refractivity contribution in [3.05, 3.63) is 56.2 Å². The maximum absolute atomic E-state index is 15.5. The van der Waals surface area contributed by atoms with Gasteiger partial charge < -0.3 is 19.3 Å². The van der Waals surface area contributed by atoms with Gasteiger partial charge in [-0.15, -0.1) is 0 Å². The van der Waals surface area contributed by atoms with Crippen LogP contribution in [0, 0.1) is 34.4 Å². The third kappa shape index (κ3) is 5.43. The van der Waals surface area contributed by atoms with Gasteiger partial charge in [0, 0.05) is 19.4 Å². The number of ether oxygens (including phenoxy) is 3. The van der Waals surface area contributed by atoms with Crippen molar-refractivity contribution in [2.75, 3.05) is 6.61 Å². The molecular weight excluding hydrogens is 575 g/mol. The zero-order chi connectivity index (χ0) is 32.3. The number of aliphatic hydroxyl groups is 1. The van der Waals surface area contributed by atoms with Crippen LogP contribution in [0.5, 0.6) is 0 Å². The predicted molar refractivity (Wildman–Crippen MR) is 170 cm³/mol. The summed E-state index contributed by atoms with van der Waals surface area (Å²) in [6.07, 6.45) is 11.8. The number of allylic oxidation sites excluding steroid dienone is 4. The average molecular weight is 629 g/mol. The topological polar surface area (TPSA) is 91.9 Å². The lowest BCUT2D eigenvalue weighted by Gasteiger charge is -2.58. The molecule has 3 fully saturated rings. The van der Waals surface area contributed by atoms with E-state index in [0.29, 0.717) is 24.7 Å². The van der Waals surface area contributed by atoms with E-state index >= 15 is 4.39 Å². The smallest absolute Gasteiger partial charge is 0.333 e. The van der Waals surface area contributed by atoms with E-state index in [1.54, 1.807) is 0 Å².